The predicted octanol–water partition coefficient (Wildman–Crippen LogP) is 5.85. The summed E-state index contributed by atoms with van der Waals surface area (Å²) in [6.45, 7) is 2.06. The van der Waals surface area contributed by atoms with Crippen LogP contribution in [0.5, 0.6) is 5.75 Å². The highest BCUT2D eigenvalue weighted by Gasteiger charge is 2.41. The zero-order valence-electron chi connectivity index (χ0n) is 17.0. The van der Waals surface area contributed by atoms with Crippen LogP contribution in [0.2, 0.25) is 10.0 Å². The van der Waals surface area contributed by atoms with Crippen molar-refractivity contribution in [1.82, 2.24) is 19.7 Å². The maximum Gasteiger partial charge on any atom is 0.226 e. The van der Waals surface area contributed by atoms with Crippen molar-refractivity contribution in [2.45, 2.75) is 19.1 Å². The Hall–Kier alpha value is -3.35. The minimum atomic E-state index is -0.412. The molecule has 0 saturated heterocycles. The average molecular weight is 462 g/mol. The molecule has 0 spiro atoms. The molecule has 8 heteroatoms. The Balaban J connectivity index is 1.64. The Morgan fingerprint density at radius 1 is 1.03 bits per heavy atom. The molecule has 0 fully saturated rings. The van der Waals surface area contributed by atoms with Gasteiger partial charge in [-0.1, -0.05) is 47.0 Å². The lowest BCUT2D eigenvalue weighted by atomic mass is 9.85. The standard InChI is InChI=1S/C24H17Cl2N5O/c1-13-4-7-19-16(9-13)21-20(23(32-19)14-5-6-17(25)18(26)10-14)22(15-3-2-8-27-11-15)31-24(30-21)28-12-29-31/h2-12,22-23H,1H3,(H,28,29,30)/t22-,23-/m1/s1. The molecule has 32 heavy (non-hydrogen) atoms. The Bertz CT molecular complexity index is 1380. The van der Waals surface area contributed by atoms with Gasteiger partial charge in [0, 0.05) is 23.5 Å². The van der Waals surface area contributed by atoms with Gasteiger partial charge in [0.25, 0.3) is 0 Å². The number of rotatable bonds is 2. The van der Waals surface area contributed by atoms with Gasteiger partial charge < -0.3 is 10.1 Å². The Labute approximate surface area is 194 Å². The van der Waals surface area contributed by atoms with Crippen molar-refractivity contribution < 1.29 is 4.74 Å². The van der Waals surface area contributed by atoms with Crippen LogP contribution in [0, 0.1) is 6.92 Å². The second-order valence-corrected chi connectivity index (χ2v) is 8.66. The monoisotopic (exact) mass is 461 g/mol. The van der Waals surface area contributed by atoms with E-state index in [1.165, 1.54) is 0 Å². The molecule has 0 aliphatic carbocycles. The van der Waals surface area contributed by atoms with E-state index in [2.05, 4.69) is 33.4 Å². The number of pyridine rings is 1. The molecule has 6 rings (SSSR count). The van der Waals surface area contributed by atoms with Crippen molar-refractivity contribution in [3.8, 4) is 5.75 Å². The first-order chi connectivity index (χ1) is 15.6. The molecule has 0 bridgehead atoms. The highest BCUT2D eigenvalue weighted by molar-refractivity contribution is 6.42. The van der Waals surface area contributed by atoms with Gasteiger partial charge in [-0.2, -0.15) is 10.1 Å². The van der Waals surface area contributed by atoms with Gasteiger partial charge in [-0.05, 0) is 48.4 Å². The third-order valence-corrected chi connectivity index (χ3v) is 6.55. The van der Waals surface area contributed by atoms with Crippen LogP contribution in [0.4, 0.5) is 5.95 Å². The molecular weight excluding hydrogens is 445 g/mol. The number of nitrogens with one attached hydrogen (secondary N) is 1. The quantitative estimate of drug-likeness (QED) is 0.405. The lowest BCUT2D eigenvalue weighted by Crippen LogP contribution is -2.32. The molecular formula is C24H17Cl2N5O. The van der Waals surface area contributed by atoms with E-state index >= 15 is 0 Å². The minimum absolute atomic E-state index is 0.259. The SMILES string of the molecule is Cc1ccc2c(c1)C1=C([C@@H](c3ccc(Cl)c(Cl)c3)O2)[C@@H](c2cccnc2)n2ncnc2N1. The highest BCUT2D eigenvalue weighted by atomic mass is 35.5. The summed E-state index contributed by atoms with van der Waals surface area (Å²) < 4.78 is 8.46. The number of hydrogen-bond donors (Lipinski definition) is 1. The van der Waals surface area contributed by atoms with Crippen LogP contribution in [0.25, 0.3) is 5.70 Å². The number of hydrogen-bond acceptors (Lipinski definition) is 5. The Kier molecular flexibility index (Phi) is 4.45. The van der Waals surface area contributed by atoms with Crippen molar-refractivity contribution in [1.29, 1.82) is 0 Å². The molecule has 0 unspecified atom stereocenters. The van der Waals surface area contributed by atoms with Crippen molar-refractivity contribution in [3.05, 3.63) is 105 Å². The first kappa shape index (κ1) is 19.3. The first-order valence-corrected chi connectivity index (χ1v) is 10.9. The zero-order chi connectivity index (χ0) is 21.8. The fraction of sp³-hybridized carbons (Fsp3) is 0.125. The second-order valence-electron chi connectivity index (χ2n) is 7.84. The number of nitrogens with zero attached hydrogens (tertiary/aromatic N) is 4. The molecule has 0 saturated carbocycles. The molecule has 2 aliphatic rings. The van der Waals surface area contributed by atoms with Crippen molar-refractivity contribution in [3.63, 3.8) is 0 Å². The summed E-state index contributed by atoms with van der Waals surface area (Å²) >= 11 is 12.6. The molecule has 0 amide bonds. The normalized spacial score (nSPS) is 18.8. The fourth-order valence-corrected chi connectivity index (χ4v) is 4.70. The molecule has 2 atom stereocenters. The maximum atomic E-state index is 6.60. The van der Waals surface area contributed by atoms with Crippen molar-refractivity contribution in [2.75, 3.05) is 5.32 Å². The van der Waals surface area contributed by atoms with Gasteiger partial charge in [-0.15, -0.1) is 0 Å². The van der Waals surface area contributed by atoms with E-state index in [-0.39, 0.29) is 6.04 Å². The maximum absolute atomic E-state index is 6.60. The third kappa shape index (κ3) is 2.98. The fourth-order valence-electron chi connectivity index (χ4n) is 4.39. The molecule has 6 nitrogen and oxygen atoms in total. The summed E-state index contributed by atoms with van der Waals surface area (Å²) in [5.41, 5.74) is 5.97. The Morgan fingerprint density at radius 2 is 1.94 bits per heavy atom. The van der Waals surface area contributed by atoms with Crippen LogP contribution in [0.3, 0.4) is 0 Å². The number of benzene rings is 2. The Morgan fingerprint density at radius 3 is 2.75 bits per heavy atom. The summed E-state index contributed by atoms with van der Waals surface area (Å²) in [5.74, 6) is 1.45. The van der Waals surface area contributed by atoms with Crippen LogP contribution >= 0.6 is 23.2 Å². The number of ether oxygens (including phenoxy) is 1. The van der Waals surface area contributed by atoms with E-state index in [9.17, 15) is 0 Å². The molecule has 158 valence electrons. The number of halogens is 2. The van der Waals surface area contributed by atoms with Gasteiger partial charge in [0.05, 0.1) is 15.7 Å². The number of aryl methyl sites for hydroxylation is 1. The average Bonchev–Trinajstić information content (AvgIpc) is 3.28. The van der Waals surface area contributed by atoms with E-state index in [0.717, 1.165) is 39.3 Å². The summed E-state index contributed by atoms with van der Waals surface area (Å²) in [4.78, 5) is 8.80. The molecule has 1 N–H and O–H groups in total. The third-order valence-electron chi connectivity index (χ3n) is 5.82. The number of anilines is 1. The topological polar surface area (TPSA) is 64.9 Å². The second kappa shape index (κ2) is 7.36. The molecule has 2 aromatic carbocycles. The van der Waals surface area contributed by atoms with Crippen LogP contribution < -0.4 is 10.1 Å². The molecule has 4 aromatic rings. The first-order valence-electron chi connectivity index (χ1n) is 10.1. The van der Waals surface area contributed by atoms with E-state index in [4.69, 9.17) is 27.9 Å². The van der Waals surface area contributed by atoms with E-state index in [0.29, 0.717) is 16.0 Å². The highest BCUT2D eigenvalue weighted by Crippen LogP contribution is 2.51. The van der Waals surface area contributed by atoms with Gasteiger partial charge in [-0.25, -0.2) is 4.68 Å². The van der Waals surface area contributed by atoms with Crippen LogP contribution in [-0.2, 0) is 0 Å². The smallest absolute Gasteiger partial charge is 0.226 e. The largest absolute Gasteiger partial charge is 0.480 e. The van der Waals surface area contributed by atoms with E-state index in [1.807, 2.05) is 47.3 Å². The molecule has 0 radical (unpaired) electrons. The van der Waals surface area contributed by atoms with Crippen molar-refractivity contribution >= 4 is 34.8 Å². The summed E-state index contributed by atoms with van der Waals surface area (Å²) in [5, 5.41) is 8.99. The van der Waals surface area contributed by atoms with E-state index < -0.39 is 6.10 Å². The molecule has 4 heterocycles. The van der Waals surface area contributed by atoms with Gasteiger partial charge in [0.1, 0.15) is 24.2 Å². The van der Waals surface area contributed by atoms with Gasteiger partial charge in [0.2, 0.25) is 5.95 Å². The van der Waals surface area contributed by atoms with E-state index in [1.54, 1.807) is 18.6 Å². The number of fused-ring (bicyclic) bond motifs is 3. The molecule has 2 aliphatic heterocycles. The minimum Gasteiger partial charge on any atom is -0.480 e. The van der Waals surface area contributed by atoms with Gasteiger partial charge in [0.15, 0.2) is 0 Å². The lowest BCUT2D eigenvalue weighted by Gasteiger charge is -2.39. The molecule has 2 aromatic heterocycles. The predicted molar refractivity (Wildman–Crippen MR) is 124 cm³/mol. The summed E-state index contributed by atoms with van der Waals surface area (Å²) in [7, 11) is 0. The van der Waals surface area contributed by atoms with Crippen molar-refractivity contribution in [2.24, 2.45) is 0 Å². The lowest BCUT2D eigenvalue weighted by molar-refractivity contribution is 0.223. The van der Waals surface area contributed by atoms with Crippen LogP contribution in [0.15, 0.2) is 72.8 Å². The number of aromatic nitrogens is 4. The van der Waals surface area contributed by atoms with Gasteiger partial charge in [-0.3, -0.25) is 4.98 Å². The van der Waals surface area contributed by atoms with Gasteiger partial charge >= 0.3 is 0 Å². The summed E-state index contributed by atoms with van der Waals surface area (Å²) in [6.07, 6.45) is 4.75. The zero-order valence-corrected chi connectivity index (χ0v) is 18.5. The van der Waals surface area contributed by atoms with Crippen LogP contribution in [0.1, 0.15) is 34.4 Å². The van der Waals surface area contributed by atoms with Crippen LogP contribution in [-0.4, -0.2) is 19.7 Å². The summed E-state index contributed by atoms with van der Waals surface area (Å²) in [6, 6.07) is 15.5.